The molecule has 8 nitrogen and oxygen atoms in total. The molecule has 0 aromatic heterocycles. The summed E-state index contributed by atoms with van der Waals surface area (Å²) in [5.41, 5.74) is 5.37. The van der Waals surface area contributed by atoms with Crippen molar-refractivity contribution in [3.8, 4) is 0 Å². The monoisotopic (exact) mass is 795 g/mol. The highest BCUT2D eigenvalue weighted by molar-refractivity contribution is 7.47. The second-order valence-electron chi connectivity index (χ2n) is 15.2. The summed E-state index contributed by atoms with van der Waals surface area (Å²) in [6.45, 7) is 4.09. The average Bonchev–Trinajstić information content (AvgIpc) is 3.17. The third-order valence-corrected chi connectivity index (χ3v) is 10.9. The zero-order valence-corrected chi connectivity index (χ0v) is 36.6. The van der Waals surface area contributed by atoms with E-state index < -0.39 is 20.0 Å². The van der Waals surface area contributed by atoms with Gasteiger partial charge in [0.2, 0.25) is 5.91 Å². The molecule has 9 heteroatoms. The van der Waals surface area contributed by atoms with Crippen LogP contribution in [0.25, 0.3) is 0 Å². The van der Waals surface area contributed by atoms with Crippen molar-refractivity contribution in [2.45, 2.75) is 219 Å². The molecular formula is C46H87N2O6P. The van der Waals surface area contributed by atoms with Gasteiger partial charge in [-0.2, -0.15) is 0 Å². The first kappa shape index (κ1) is 53.5. The third-order valence-electron chi connectivity index (χ3n) is 9.88. The Hall–Kier alpha value is -1.54. The Morgan fingerprint density at radius 3 is 1.55 bits per heavy atom. The number of hydrogen-bond donors (Lipinski definition) is 4. The van der Waals surface area contributed by atoms with Crippen LogP contribution in [0.1, 0.15) is 206 Å². The first-order valence-corrected chi connectivity index (χ1v) is 24.3. The molecule has 3 unspecified atom stereocenters. The van der Waals surface area contributed by atoms with Crippen molar-refractivity contribution >= 4 is 13.7 Å². The standard InChI is InChI=1S/C46H87N2O6P/c1-3-5-7-9-11-13-15-17-19-21-22-24-25-27-29-31-33-35-37-39-45(49)44(43-54-55(51,52)53-42-41-47)48-46(50)40-38-36-34-32-30-28-26-23-20-18-16-14-12-10-8-6-4-2/h12,14,18,20,29,31,37,39,44-45,49H,3-11,13,15-17,19,21-28,30,32-36,38,40-43,47H2,1-2H3,(H,48,50)(H,51,52)/b14-12-,20-18-,31-29+,39-37+. The molecule has 5 N–H and O–H groups in total. The van der Waals surface area contributed by atoms with Crippen molar-refractivity contribution in [2.75, 3.05) is 19.8 Å². The second kappa shape index (κ2) is 42.1. The molecule has 0 fully saturated rings. The highest BCUT2D eigenvalue weighted by Crippen LogP contribution is 2.43. The van der Waals surface area contributed by atoms with Gasteiger partial charge in [-0.05, 0) is 64.2 Å². The predicted octanol–water partition coefficient (Wildman–Crippen LogP) is 12.9. The van der Waals surface area contributed by atoms with Crippen LogP contribution in [-0.2, 0) is 18.4 Å². The summed E-state index contributed by atoms with van der Waals surface area (Å²) in [6, 6.07) is -0.882. The van der Waals surface area contributed by atoms with Crippen LogP contribution in [0.15, 0.2) is 48.6 Å². The number of phosphoric acid groups is 1. The Morgan fingerprint density at radius 2 is 1.02 bits per heavy atom. The fourth-order valence-corrected chi connectivity index (χ4v) is 7.17. The molecule has 0 radical (unpaired) electrons. The first-order chi connectivity index (χ1) is 26.9. The van der Waals surface area contributed by atoms with Crippen LogP contribution < -0.4 is 11.1 Å². The number of aliphatic hydroxyl groups excluding tert-OH is 1. The Bertz CT molecular complexity index is 1000. The van der Waals surface area contributed by atoms with E-state index in [0.29, 0.717) is 6.42 Å². The molecule has 0 aliphatic rings. The first-order valence-electron chi connectivity index (χ1n) is 22.8. The van der Waals surface area contributed by atoms with Crippen LogP contribution in [-0.4, -0.2) is 47.8 Å². The van der Waals surface area contributed by atoms with Gasteiger partial charge in [0.05, 0.1) is 25.4 Å². The fraction of sp³-hybridized carbons (Fsp3) is 0.804. The number of rotatable bonds is 42. The van der Waals surface area contributed by atoms with Gasteiger partial charge in [-0.1, -0.05) is 184 Å². The highest BCUT2D eigenvalue weighted by Gasteiger charge is 2.26. The Morgan fingerprint density at radius 1 is 0.600 bits per heavy atom. The summed E-state index contributed by atoms with van der Waals surface area (Å²) in [5.74, 6) is -0.213. The Balaban J connectivity index is 4.25. The maximum absolute atomic E-state index is 12.8. The molecule has 1 amide bonds. The lowest BCUT2D eigenvalue weighted by molar-refractivity contribution is -0.123. The number of carbonyl (C=O) groups excluding carboxylic acids is 1. The van der Waals surface area contributed by atoms with E-state index in [1.807, 2.05) is 6.08 Å². The van der Waals surface area contributed by atoms with Gasteiger partial charge in [0.15, 0.2) is 0 Å². The molecule has 0 aliphatic carbocycles. The van der Waals surface area contributed by atoms with Crippen LogP contribution in [0.3, 0.4) is 0 Å². The lowest BCUT2D eigenvalue weighted by Gasteiger charge is -2.23. The van der Waals surface area contributed by atoms with E-state index >= 15 is 0 Å². The lowest BCUT2D eigenvalue weighted by Crippen LogP contribution is -2.45. The van der Waals surface area contributed by atoms with Crippen molar-refractivity contribution in [1.29, 1.82) is 0 Å². The fourth-order valence-electron chi connectivity index (χ4n) is 6.41. The Labute approximate surface area is 339 Å². The van der Waals surface area contributed by atoms with Crippen molar-refractivity contribution in [3.63, 3.8) is 0 Å². The number of carbonyl (C=O) groups is 1. The summed E-state index contributed by atoms with van der Waals surface area (Å²) in [7, 11) is -4.35. The summed E-state index contributed by atoms with van der Waals surface area (Å²) in [6.07, 6.45) is 51.6. The number of allylic oxidation sites excluding steroid dienone is 7. The molecule has 0 saturated carbocycles. The van der Waals surface area contributed by atoms with Gasteiger partial charge in [0.25, 0.3) is 0 Å². The topological polar surface area (TPSA) is 131 Å². The Kier molecular flexibility index (Phi) is 40.9. The summed E-state index contributed by atoms with van der Waals surface area (Å²) < 4.78 is 22.1. The van der Waals surface area contributed by atoms with Gasteiger partial charge >= 0.3 is 7.82 Å². The molecule has 0 aromatic carbocycles. The minimum Gasteiger partial charge on any atom is -0.387 e. The quantitative estimate of drug-likeness (QED) is 0.0275. The number of nitrogens with two attached hydrogens (primary N) is 1. The maximum atomic E-state index is 12.8. The SMILES string of the molecule is CCCCC/C=C\C/C=C\CCCCCCCCCC(=O)NC(COP(=O)(O)OCCN)C(O)/C=C/CC/C=C/CCCCCCCCCCCCCCC. The highest BCUT2D eigenvalue weighted by atomic mass is 31.2. The smallest absolute Gasteiger partial charge is 0.387 e. The third kappa shape index (κ3) is 40.5. The number of aliphatic hydroxyl groups is 1. The van der Waals surface area contributed by atoms with E-state index in [4.69, 9.17) is 14.8 Å². The normalized spacial score (nSPS) is 14.5. The molecule has 0 bridgehead atoms. The molecule has 55 heavy (non-hydrogen) atoms. The van der Waals surface area contributed by atoms with Crippen LogP contribution in [0.5, 0.6) is 0 Å². The summed E-state index contributed by atoms with van der Waals surface area (Å²) in [5, 5.41) is 13.7. The van der Waals surface area contributed by atoms with Gasteiger partial charge in [-0.3, -0.25) is 13.8 Å². The second-order valence-corrected chi connectivity index (χ2v) is 16.7. The summed E-state index contributed by atoms with van der Waals surface area (Å²) in [4.78, 5) is 22.7. The number of phosphoric ester groups is 1. The molecule has 0 heterocycles. The molecule has 0 aromatic rings. The van der Waals surface area contributed by atoms with Crippen molar-refractivity contribution in [2.24, 2.45) is 5.73 Å². The molecule has 0 saturated heterocycles. The minimum atomic E-state index is -4.35. The zero-order chi connectivity index (χ0) is 40.3. The molecular weight excluding hydrogens is 707 g/mol. The predicted molar refractivity (Wildman–Crippen MR) is 235 cm³/mol. The largest absolute Gasteiger partial charge is 0.472 e. The number of unbranched alkanes of at least 4 members (excludes halogenated alkanes) is 24. The summed E-state index contributed by atoms with van der Waals surface area (Å²) >= 11 is 0. The zero-order valence-electron chi connectivity index (χ0n) is 35.7. The van der Waals surface area contributed by atoms with Crippen molar-refractivity contribution < 1.29 is 28.4 Å². The van der Waals surface area contributed by atoms with Crippen LogP contribution in [0.2, 0.25) is 0 Å². The van der Waals surface area contributed by atoms with E-state index in [1.54, 1.807) is 6.08 Å². The lowest BCUT2D eigenvalue weighted by atomic mass is 10.0. The molecule has 322 valence electrons. The van der Waals surface area contributed by atoms with Crippen molar-refractivity contribution in [1.82, 2.24) is 5.32 Å². The number of hydrogen-bond acceptors (Lipinski definition) is 6. The number of amides is 1. The van der Waals surface area contributed by atoms with E-state index in [0.717, 1.165) is 57.8 Å². The van der Waals surface area contributed by atoms with Crippen molar-refractivity contribution in [3.05, 3.63) is 48.6 Å². The molecule has 0 rings (SSSR count). The van der Waals surface area contributed by atoms with E-state index in [-0.39, 0.29) is 25.7 Å². The molecule has 3 atom stereocenters. The van der Waals surface area contributed by atoms with Crippen LogP contribution in [0.4, 0.5) is 0 Å². The van der Waals surface area contributed by atoms with Gasteiger partial charge in [0, 0.05) is 13.0 Å². The van der Waals surface area contributed by atoms with E-state index in [2.05, 4.69) is 55.6 Å². The van der Waals surface area contributed by atoms with Crippen LogP contribution in [0, 0.1) is 0 Å². The van der Waals surface area contributed by atoms with Gasteiger partial charge in [0.1, 0.15) is 0 Å². The number of nitrogens with one attached hydrogen (secondary N) is 1. The average molecular weight is 795 g/mol. The molecule has 0 spiro atoms. The van der Waals surface area contributed by atoms with Gasteiger partial charge < -0.3 is 21.1 Å². The van der Waals surface area contributed by atoms with Gasteiger partial charge in [-0.25, -0.2) is 4.57 Å². The van der Waals surface area contributed by atoms with E-state index in [9.17, 15) is 19.4 Å². The minimum absolute atomic E-state index is 0.0714. The van der Waals surface area contributed by atoms with Crippen LogP contribution >= 0.6 is 7.82 Å². The van der Waals surface area contributed by atoms with Gasteiger partial charge in [-0.15, -0.1) is 0 Å². The van der Waals surface area contributed by atoms with E-state index in [1.165, 1.54) is 128 Å². The molecule has 0 aliphatic heterocycles. The maximum Gasteiger partial charge on any atom is 0.472 e.